The van der Waals surface area contributed by atoms with Crippen LogP contribution in [-0.2, 0) is 16.1 Å². The highest BCUT2D eigenvalue weighted by atomic mass is 16.6. The molecule has 0 atom stereocenters. The molecule has 0 aromatic heterocycles. The Balaban J connectivity index is 2.65. The van der Waals surface area contributed by atoms with E-state index in [1.807, 2.05) is 30.3 Å². The number of benzene rings is 1. The first-order valence-electron chi connectivity index (χ1n) is 6.43. The largest absolute Gasteiger partial charge is 0.445 e. The molecule has 0 unspecified atom stereocenters. The quantitative estimate of drug-likeness (QED) is 0.847. The molecular weight excluding hydrogens is 256 g/mol. The minimum Gasteiger partial charge on any atom is -0.445 e. The van der Waals surface area contributed by atoms with Crippen LogP contribution in [0.15, 0.2) is 30.3 Å². The smallest absolute Gasteiger partial charge is 0.410 e. The van der Waals surface area contributed by atoms with Gasteiger partial charge in [-0.05, 0) is 19.4 Å². The molecule has 0 saturated carbocycles. The highest BCUT2D eigenvalue weighted by Crippen LogP contribution is 2.16. The number of carbonyl (C=O) groups is 2. The molecule has 0 aliphatic heterocycles. The van der Waals surface area contributed by atoms with Crippen molar-refractivity contribution in [3.63, 3.8) is 0 Å². The highest BCUT2D eigenvalue weighted by Gasteiger charge is 2.37. The van der Waals surface area contributed by atoms with Gasteiger partial charge in [0.25, 0.3) is 0 Å². The fourth-order valence-electron chi connectivity index (χ4n) is 1.74. The number of carbonyl (C=O) groups excluding carboxylic acids is 2. The molecular formula is C15H22N2O3. The minimum atomic E-state index is -0.947. The molecule has 20 heavy (non-hydrogen) atoms. The van der Waals surface area contributed by atoms with Crippen molar-refractivity contribution in [1.82, 2.24) is 9.80 Å². The van der Waals surface area contributed by atoms with Gasteiger partial charge in [0.2, 0.25) is 5.91 Å². The van der Waals surface area contributed by atoms with E-state index in [1.165, 1.54) is 9.80 Å². The van der Waals surface area contributed by atoms with Crippen LogP contribution in [-0.4, -0.2) is 48.5 Å². The van der Waals surface area contributed by atoms with Crippen LogP contribution in [0.5, 0.6) is 0 Å². The third-order valence-electron chi connectivity index (χ3n) is 3.25. The normalized spacial score (nSPS) is 10.8. The summed E-state index contributed by atoms with van der Waals surface area (Å²) in [5, 5.41) is 0. The lowest BCUT2D eigenvalue weighted by Gasteiger charge is -2.35. The van der Waals surface area contributed by atoms with Crippen molar-refractivity contribution in [3.05, 3.63) is 35.9 Å². The Bertz CT molecular complexity index is 469. The summed E-state index contributed by atoms with van der Waals surface area (Å²) in [6.45, 7) is 3.58. The van der Waals surface area contributed by atoms with E-state index in [0.717, 1.165) is 5.56 Å². The molecule has 110 valence electrons. The predicted molar refractivity (Wildman–Crippen MR) is 77.2 cm³/mol. The van der Waals surface area contributed by atoms with Gasteiger partial charge in [0.15, 0.2) is 0 Å². The second-order valence-electron chi connectivity index (χ2n) is 5.36. The lowest BCUT2D eigenvalue weighted by Crippen LogP contribution is -2.55. The van der Waals surface area contributed by atoms with Gasteiger partial charge in [0, 0.05) is 21.1 Å². The van der Waals surface area contributed by atoms with E-state index in [0.29, 0.717) is 0 Å². The van der Waals surface area contributed by atoms with Crippen LogP contribution < -0.4 is 0 Å². The van der Waals surface area contributed by atoms with Crippen molar-refractivity contribution in [2.24, 2.45) is 0 Å². The molecule has 5 heteroatoms. The van der Waals surface area contributed by atoms with Crippen molar-refractivity contribution in [2.45, 2.75) is 26.0 Å². The van der Waals surface area contributed by atoms with E-state index in [4.69, 9.17) is 4.74 Å². The number of likely N-dealkylation sites (N-methyl/N-ethyl adjacent to an activating group) is 2. The summed E-state index contributed by atoms with van der Waals surface area (Å²) in [5.41, 5.74) is -0.0388. The number of amides is 2. The molecule has 1 aromatic rings. The number of hydrogen-bond donors (Lipinski definition) is 0. The van der Waals surface area contributed by atoms with Gasteiger partial charge < -0.3 is 9.64 Å². The summed E-state index contributed by atoms with van der Waals surface area (Å²) >= 11 is 0. The summed E-state index contributed by atoms with van der Waals surface area (Å²) < 4.78 is 5.22. The number of hydrogen-bond acceptors (Lipinski definition) is 3. The van der Waals surface area contributed by atoms with Crippen molar-refractivity contribution in [3.8, 4) is 0 Å². The fraction of sp³-hybridized carbons (Fsp3) is 0.467. The SMILES string of the molecule is CN(C)C(=O)C(C)(C)N(C)C(=O)OCc1ccccc1. The summed E-state index contributed by atoms with van der Waals surface area (Å²) in [7, 11) is 4.88. The van der Waals surface area contributed by atoms with Gasteiger partial charge in [0.05, 0.1) is 0 Å². The third-order valence-corrected chi connectivity index (χ3v) is 3.25. The number of rotatable bonds is 4. The van der Waals surface area contributed by atoms with Crippen molar-refractivity contribution < 1.29 is 14.3 Å². The van der Waals surface area contributed by atoms with Gasteiger partial charge in [-0.3, -0.25) is 9.69 Å². The first-order valence-corrected chi connectivity index (χ1v) is 6.43. The topological polar surface area (TPSA) is 49.9 Å². The Morgan fingerprint density at radius 1 is 1.10 bits per heavy atom. The average Bonchev–Trinajstić information content (AvgIpc) is 2.43. The molecule has 5 nitrogen and oxygen atoms in total. The Kier molecular flexibility index (Phi) is 5.13. The zero-order valence-corrected chi connectivity index (χ0v) is 12.7. The molecule has 1 rings (SSSR count). The molecule has 0 spiro atoms. The van der Waals surface area contributed by atoms with Crippen molar-refractivity contribution in [2.75, 3.05) is 21.1 Å². The zero-order chi connectivity index (χ0) is 15.3. The maximum Gasteiger partial charge on any atom is 0.410 e. The Hall–Kier alpha value is -2.04. The standard InChI is InChI=1S/C15H22N2O3/c1-15(2,13(18)16(3)4)17(5)14(19)20-11-12-9-7-6-8-10-12/h6-10H,11H2,1-5H3. The first kappa shape index (κ1) is 16.0. The molecule has 0 fully saturated rings. The Morgan fingerprint density at radius 3 is 2.15 bits per heavy atom. The van der Waals surface area contributed by atoms with Crippen LogP contribution in [0.2, 0.25) is 0 Å². The maximum absolute atomic E-state index is 12.1. The molecule has 0 bridgehead atoms. The lowest BCUT2D eigenvalue weighted by atomic mass is 10.0. The Morgan fingerprint density at radius 2 is 1.65 bits per heavy atom. The van der Waals surface area contributed by atoms with E-state index < -0.39 is 11.6 Å². The van der Waals surface area contributed by atoms with Crippen LogP contribution in [0.25, 0.3) is 0 Å². The van der Waals surface area contributed by atoms with Crippen LogP contribution >= 0.6 is 0 Å². The van der Waals surface area contributed by atoms with Gasteiger partial charge in [-0.1, -0.05) is 30.3 Å². The van der Waals surface area contributed by atoms with Gasteiger partial charge in [0.1, 0.15) is 12.1 Å². The summed E-state index contributed by atoms with van der Waals surface area (Å²) in [4.78, 5) is 26.9. The molecule has 0 N–H and O–H groups in total. The van der Waals surface area contributed by atoms with Crippen LogP contribution in [0.3, 0.4) is 0 Å². The highest BCUT2D eigenvalue weighted by molar-refractivity contribution is 5.88. The van der Waals surface area contributed by atoms with Crippen LogP contribution in [0, 0.1) is 0 Å². The van der Waals surface area contributed by atoms with E-state index in [-0.39, 0.29) is 12.5 Å². The fourth-order valence-corrected chi connectivity index (χ4v) is 1.74. The van der Waals surface area contributed by atoms with Crippen LogP contribution in [0.4, 0.5) is 4.79 Å². The molecule has 0 saturated heterocycles. The maximum atomic E-state index is 12.1. The monoisotopic (exact) mass is 278 g/mol. The predicted octanol–water partition coefficient (Wildman–Crippen LogP) is 2.12. The van der Waals surface area contributed by atoms with E-state index in [9.17, 15) is 9.59 Å². The zero-order valence-electron chi connectivity index (χ0n) is 12.7. The lowest BCUT2D eigenvalue weighted by molar-refractivity contribution is -0.138. The van der Waals surface area contributed by atoms with Gasteiger partial charge in [-0.25, -0.2) is 4.79 Å². The molecule has 0 heterocycles. The first-order chi connectivity index (χ1) is 9.26. The second-order valence-corrected chi connectivity index (χ2v) is 5.36. The van der Waals surface area contributed by atoms with Crippen LogP contribution in [0.1, 0.15) is 19.4 Å². The van der Waals surface area contributed by atoms with Crippen molar-refractivity contribution >= 4 is 12.0 Å². The average molecular weight is 278 g/mol. The summed E-state index contributed by atoms with van der Waals surface area (Å²) in [6, 6.07) is 9.42. The van der Waals surface area contributed by atoms with Gasteiger partial charge >= 0.3 is 6.09 Å². The van der Waals surface area contributed by atoms with E-state index in [2.05, 4.69) is 0 Å². The second kappa shape index (κ2) is 6.41. The third kappa shape index (κ3) is 3.73. The summed E-state index contributed by atoms with van der Waals surface area (Å²) in [5.74, 6) is -0.156. The summed E-state index contributed by atoms with van der Waals surface area (Å²) in [6.07, 6.45) is -0.519. The number of nitrogens with zero attached hydrogens (tertiary/aromatic N) is 2. The minimum absolute atomic E-state index is 0.156. The van der Waals surface area contributed by atoms with E-state index in [1.54, 1.807) is 35.0 Å². The molecule has 2 amide bonds. The molecule has 0 radical (unpaired) electrons. The van der Waals surface area contributed by atoms with Gasteiger partial charge in [-0.2, -0.15) is 0 Å². The molecule has 0 aliphatic rings. The number of ether oxygens (including phenoxy) is 1. The Labute approximate surface area is 120 Å². The molecule has 0 aliphatic carbocycles. The molecule has 1 aromatic carbocycles. The van der Waals surface area contributed by atoms with Gasteiger partial charge in [-0.15, -0.1) is 0 Å². The van der Waals surface area contributed by atoms with Crippen molar-refractivity contribution in [1.29, 1.82) is 0 Å². The van der Waals surface area contributed by atoms with E-state index >= 15 is 0 Å².